The summed E-state index contributed by atoms with van der Waals surface area (Å²) in [6.45, 7) is 11.0. The highest BCUT2D eigenvalue weighted by Crippen LogP contribution is 2.44. The monoisotopic (exact) mass is 440 g/mol. The highest BCUT2D eigenvalue weighted by Gasteiger charge is 2.47. The Labute approximate surface area is 183 Å². The number of rotatable bonds is 8. The van der Waals surface area contributed by atoms with E-state index in [9.17, 15) is 23.5 Å². The van der Waals surface area contributed by atoms with Crippen LogP contribution in [0.3, 0.4) is 0 Å². The molecule has 174 valence electrons. The molecule has 0 bridgehead atoms. The number of phenols is 1. The van der Waals surface area contributed by atoms with E-state index in [0.717, 1.165) is 37.8 Å². The van der Waals surface area contributed by atoms with Gasteiger partial charge in [-0.05, 0) is 65.2 Å². The van der Waals surface area contributed by atoms with Crippen LogP contribution in [0, 0.1) is 28.4 Å². The minimum atomic E-state index is -1.22. The summed E-state index contributed by atoms with van der Waals surface area (Å²) in [5.74, 6) is -4.80. The molecule has 0 spiro atoms. The van der Waals surface area contributed by atoms with Crippen LogP contribution < -0.4 is 4.74 Å². The van der Waals surface area contributed by atoms with Crippen LogP contribution in [-0.4, -0.2) is 22.6 Å². The van der Waals surface area contributed by atoms with Gasteiger partial charge in [0.05, 0.1) is 10.8 Å². The van der Waals surface area contributed by atoms with Crippen LogP contribution in [0.5, 0.6) is 11.5 Å². The van der Waals surface area contributed by atoms with E-state index >= 15 is 0 Å². The van der Waals surface area contributed by atoms with E-state index in [4.69, 9.17) is 9.47 Å². The zero-order valence-corrected chi connectivity index (χ0v) is 19.3. The van der Waals surface area contributed by atoms with E-state index in [1.807, 2.05) is 0 Å². The molecule has 1 aliphatic carbocycles. The van der Waals surface area contributed by atoms with Gasteiger partial charge in [0.2, 0.25) is 0 Å². The maximum atomic E-state index is 13.6. The zero-order chi connectivity index (χ0) is 23.6. The van der Waals surface area contributed by atoms with E-state index in [0.29, 0.717) is 6.42 Å². The molecule has 1 aromatic rings. The molecule has 2 rings (SSSR count). The van der Waals surface area contributed by atoms with Crippen LogP contribution in [0.1, 0.15) is 80.1 Å². The third-order valence-corrected chi connectivity index (χ3v) is 6.66. The van der Waals surface area contributed by atoms with Crippen molar-refractivity contribution in [2.75, 3.05) is 0 Å². The Balaban J connectivity index is 2.17. The van der Waals surface area contributed by atoms with Crippen molar-refractivity contribution in [1.29, 1.82) is 0 Å². The molecule has 1 N–H and O–H groups in total. The van der Waals surface area contributed by atoms with Crippen molar-refractivity contribution in [2.24, 2.45) is 16.7 Å². The normalized spacial score (nSPS) is 18.0. The van der Waals surface area contributed by atoms with Crippen LogP contribution >= 0.6 is 0 Å². The number of hydrogen-bond donors (Lipinski definition) is 1. The number of aromatic hydroxyl groups is 1. The lowest BCUT2D eigenvalue weighted by Crippen LogP contribution is -2.44. The van der Waals surface area contributed by atoms with Gasteiger partial charge in [0.15, 0.2) is 17.4 Å². The third kappa shape index (κ3) is 5.36. The van der Waals surface area contributed by atoms with Crippen molar-refractivity contribution in [3.63, 3.8) is 0 Å². The second-order valence-corrected chi connectivity index (χ2v) is 9.92. The van der Waals surface area contributed by atoms with Crippen LogP contribution in [-0.2, 0) is 14.3 Å². The Morgan fingerprint density at radius 1 is 1.10 bits per heavy atom. The molecule has 0 heterocycles. The van der Waals surface area contributed by atoms with Gasteiger partial charge in [-0.15, -0.1) is 0 Å². The van der Waals surface area contributed by atoms with Crippen molar-refractivity contribution < 1.29 is 33.0 Å². The van der Waals surface area contributed by atoms with Crippen molar-refractivity contribution >= 4 is 11.9 Å². The SMILES string of the molecule is CCC(C)(CC(C)(C)C(=O)OC1(C(C)C)CCCC1)C(=O)Oc1cc(F)c(O)c(F)c1. The average Bonchev–Trinajstić information content (AvgIpc) is 3.15. The van der Waals surface area contributed by atoms with Gasteiger partial charge in [-0.1, -0.05) is 20.8 Å². The molecule has 1 unspecified atom stereocenters. The summed E-state index contributed by atoms with van der Waals surface area (Å²) in [5, 5.41) is 9.22. The maximum absolute atomic E-state index is 13.6. The fourth-order valence-corrected chi connectivity index (χ4v) is 4.31. The molecule has 0 saturated heterocycles. The van der Waals surface area contributed by atoms with Crippen LogP contribution in [0.2, 0.25) is 0 Å². The predicted octanol–water partition coefficient (Wildman–Crippen LogP) is 5.92. The first-order valence-electron chi connectivity index (χ1n) is 10.9. The fraction of sp³-hybridized carbons (Fsp3) is 0.667. The van der Waals surface area contributed by atoms with Gasteiger partial charge in [-0.25, -0.2) is 8.78 Å². The number of benzene rings is 1. The Kier molecular flexibility index (Phi) is 7.39. The lowest BCUT2D eigenvalue weighted by atomic mass is 9.72. The number of phenolic OH excluding ortho intramolecular Hbond substituents is 1. The highest BCUT2D eigenvalue weighted by atomic mass is 19.1. The quantitative estimate of drug-likeness (QED) is 0.401. The van der Waals surface area contributed by atoms with Gasteiger partial charge >= 0.3 is 11.9 Å². The average molecular weight is 441 g/mol. The van der Waals surface area contributed by atoms with Gasteiger partial charge < -0.3 is 14.6 Å². The molecule has 1 atom stereocenters. The number of hydrogen-bond acceptors (Lipinski definition) is 5. The summed E-state index contributed by atoms with van der Waals surface area (Å²) in [6.07, 6.45) is 4.19. The first-order valence-corrected chi connectivity index (χ1v) is 10.9. The second kappa shape index (κ2) is 9.13. The number of carbonyl (C=O) groups is 2. The van der Waals surface area contributed by atoms with Gasteiger partial charge in [0.25, 0.3) is 0 Å². The minimum Gasteiger partial charge on any atom is -0.503 e. The minimum absolute atomic E-state index is 0.144. The molecular formula is C24H34F2O5. The summed E-state index contributed by atoms with van der Waals surface area (Å²) in [5.41, 5.74) is -2.54. The van der Waals surface area contributed by atoms with Crippen LogP contribution in [0.15, 0.2) is 12.1 Å². The number of ether oxygens (including phenoxy) is 2. The van der Waals surface area contributed by atoms with E-state index in [1.165, 1.54) is 0 Å². The molecule has 1 fully saturated rings. The maximum Gasteiger partial charge on any atom is 0.317 e. The van der Waals surface area contributed by atoms with Crippen molar-refractivity contribution in [1.82, 2.24) is 0 Å². The summed E-state index contributed by atoms with van der Waals surface area (Å²) >= 11 is 0. The molecule has 5 nitrogen and oxygen atoms in total. The highest BCUT2D eigenvalue weighted by molar-refractivity contribution is 5.82. The van der Waals surface area contributed by atoms with Crippen molar-refractivity contribution in [3.8, 4) is 11.5 Å². The van der Waals surface area contributed by atoms with Crippen LogP contribution in [0.4, 0.5) is 8.78 Å². The fourth-order valence-electron chi connectivity index (χ4n) is 4.31. The molecule has 7 heteroatoms. The third-order valence-electron chi connectivity index (χ3n) is 6.66. The van der Waals surface area contributed by atoms with Gasteiger partial charge in [-0.2, -0.15) is 0 Å². The molecule has 1 saturated carbocycles. The zero-order valence-electron chi connectivity index (χ0n) is 19.3. The largest absolute Gasteiger partial charge is 0.503 e. The van der Waals surface area contributed by atoms with Crippen molar-refractivity contribution in [2.45, 2.75) is 85.7 Å². The Morgan fingerprint density at radius 3 is 2.06 bits per heavy atom. The lowest BCUT2D eigenvalue weighted by Gasteiger charge is -2.39. The Hall–Kier alpha value is -2.18. The molecule has 0 amide bonds. The lowest BCUT2D eigenvalue weighted by molar-refractivity contribution is -0.178. The number of halogens is 2. The molecular weight excluding hydrogens is 406 g/mol. The van der Waals surface area contributed by atoms with E-state index in [2.05, 4.69) is 13.8 Å². The van der Waals surface area contributed by atoms with E-state index in [1.54, 1.807) is 27.7 Å². The van der Waals surface area contributed by atoms with Gasteiger partial charge in [0.1, 0.15) is 11.4 Å². The smallest absolute Gasteiger partial charge is 0.317 e. The summed E-state index contributed by atoms with van der Waals surface area (Å²) in [7, 11) is 0. The molecule has 0 radical (unpaired) electrons. The second-order valence-electron chi connectivity index (χ2n) is 9.92. The van der Waals surface area contributed by atoms with Gasteiger partial charge in [-0.3, -0.25) is 9.59 Å². The molecule has 1 aromatic carbocycles. The summed E-state index contributed by atoms with van der Waals surface area (Å²) in [4.78, 5) is 26.0. The number of esters is 2. The number of carbonyl (C=O) groups excluding carboxylic acids is 2. The molecule has 31 heavy (non-hydrogen) atoms. The molecule has 1 aliphatic rings. The Bertz CT molecular complexity index is 804. The van der Waals surface area contributed by atoms with Gasteiger partial charge in [0, 0.05) is 12.1 Å². The summed E-state index contributed by atoms with van der Waals surface area (Å²) in [6, 6.07) is 1.50. The topological polar surface area (TPSA) is 72.8 Å². The first kappa shape index (κ1) is 25.1. The van der Waals surface area contributed by atoms with E-state index in [-0.39, 0.29) is 24.1 Å². The van der Waals surface area contributed by atoms with Crippen LogP contribution in [0.25, 0.3) is 0 Å². The standard InChI is InChI=1S/C24H34F2O5/c1-7-23(6,21(29)30-16-12-17(25)19(27)18(26)13-16)14-22(4,5)20(28)31-24(15(2)3)10-8-9-11-24/h12-13,15,27H,7-11,14H2,1-6H3. The van der Waals surface area contributed by atoms with E-state index < -0.39 is 39.8 Å². The molecule has 0 aliphatic heterocycles. The Morgan fingerprint density at radius 2 is 1.61 bits per heavy atom. The predicted molar refractivity (Wildman–Crippen MR) is 113 cm³/mol. The first-order chi connectivity index (χ1) is 14.3. The van der Waals surface area contributed by atoms with Crippen molar-refractivity contribution in [3.05, 3.63) is 23.8 Å². The molecule has 0 aromatic heterocycles. The summed E-state index contributed by atoms with van der Waals surface area (Å²) < 4.78 is 38.5.